The van der Waals surface area contributed by atoms with E-state index in [4.69, 9.17) is 0 Å². The number of rotatable bonds is 3. The van der Waals surface area contributed by atoms with Gasteiger partial charge in [-0.3, -0.25) is 14.6 Å². The van der Waals surface area contributed by atoms with E-state index in [1.807, 2.05) is 11.1 Å². The van der Waals surface area contributed by atoms with Gasteiger partial charge in [-0.2, -0.15) is 0 Å². The highest BCUT2D eigenvalue weighted by atomic mass is 16.2. The highest BCUT2D eigenvalue weighted by Crippen LogP contribution is 2.16. The van der Waals surface area contributed by atoms with Gasteiger partial charge in [0.05, 0.1) is 0 Å². The predicted molar refractivity (Wildman–Crippen MR) is 95.8 cm³/mol. The third-order valence-corrected chi connectivity index (χ3v) is 5.19. The van der Waals surface area contributed by atoms with Gasteiger partial charge in [0.1, 0.15) is 11.5 Å². The van der Waals surface area contributed by atoms with Crippen LogP contribution in [0.15, 0.2) is 30.7 Å². The summed E-state index contributed by atoms with van der Waals surface area (Å²) in [5, 5.41) is 3.08. The van der Waals surface area contributed by atoms with Gasteiger partial charge in [-0.15, -0.1) is 0 Å². The molecule has 0 unspecified atom stereocenters. The van der Waals surface area contributed by atoms with Crippen LogP contribution in [0.3, 0.4) is 0 Å². The Morgan fingerprint density at radius 2 is 1.85 bits per heavy atom. The molecule has 0 radical (unpaired) electrons. The van der Waals surface area contributed by atoms with Crippen LogP contribution in [0.1, 0.15) is 52.4 Å². The molecule has 2 aliphatic rings. The van der Waals surface area contributed by atoms with Crippen LogP contribution in [0.5, 0.6) is 0 Å². The maximum atomic E-state index is 12.5. The Morgan fingerprint density at radius 3 is 2.58 bits per heavy atom. The van der Waals surface area contributed by atoms with Crippen LogP contribution < -0.4 is 5.32 Å². The zero-order chi connectivity index (χ0) is 17.9. The normalized spacial score (nSPS) is 17.6. The monoisotopic (exact) mass is 353 g/mol. The van der Waals surface area contributed by atoms with Crippen molar-refractivity contribution in [2.24, 2.45) is 0 Å². The Bertz CT molecular complexity index is 770. The third kappa shape index (κ3) is 3.47. The van der Waals surface area contributed by atoms with Gasteiger partial charge in [-0.1, -0.05) is 0 Å². The summed E-state index contributed by atoms with van der Waals surface area (Å²) >= 11 is 0. The van der Waals surface area contributed by atoms with E-state index in [0.29, 0.717) is 24.3 Å². The number of aromatic nitrogens is 3. The number of amides is 2. The summed E-state index contributed by atoms with van der Waals surface area (Å²) in [6.45, 7) is 2.24. The Hall–Kier alpha value is -2.70. The van der Waals surface area contributed by atoms with E-state index in [-0.39, 0.29) is 17.9 Å². The number of hydrogen-bond donors (Lipinski definition) is 1. The van der Waals surface area contributed by atoms with Crippen LogP contribution in [0.25, 0.3) is 0 Å². The number of carbonyl (C=O) groups excluding carboxylic acids is 2. The van der Waals surface area contributed by atoms with Crippen molar-refractivity contribution in [1.82, 2.24) is 24.8 Å². The minimum Gasteiger partial charge on any atom is -0.348 e. The molecule has 2 amide bonds. The average molecular weight is 353 g/mol. The quantitative estimate of drug-likeness (QED) is 0.910. The molecule has 0 aliphatic carbocycles. The lowest BCUT2D eigenvalue weighted by Crippen LogP contribution is -2.46. The molecule has 0 saturated carbocycles. The van der Waals surface area contributed by atoms with Gasteiger partial charge in [0.25, 0.3) is 11.8 Å². The summed E-state index contributed by atoms with van der Waals surface area (Å²) in [7, 11) is 0. The summed E-state index contributed by atoms with van der Waals surface area (Å²) < 4.78 is 2.09. The van der Waals surface area contributed by atoms with Crippen LogP contribution in [-0.4, -0.2) is 50.4 Å². The molecule has 4 heterocycles. The zero-order valence-electron chi connectivity index (χ0n) is 14.7. The molecule has 7 nitrogen and oxygen atoms in total. The number of likely N-dealkylation sites (tertiary alicyclic amines) is 1. The average Bonchev–Trinajstić information content (AvgIpc) is 3.13. The fourth-order valence-electron chi connectivity index (χ4n) is 3.69. The molecule has 26 heavy (non-hydrogen) atoms. The van der Waals surface area contributed by atoms with E-state index in [1.54, 1.807) is 24.5 Å². The molecule has 4 rings (SSSR count). The number of piperidine rings is 1. The van der Waals surface area contributed by atoms with Crippen LogP contribution in [-0.2, 0) is 13.0 Å². The molecule has 2 aromatic heterocycles. The van der Waals surface area contributed by atoms with Crippen molar-refractivity contribution in [2.75, 3.05) is 13.1 Å². The topological polar surface area (TPSA) is 80.1 Å². The van der Waals surface area contributed by atoms with E-state index in [0.717, 1.165) is 44.5 Å². The molecule has 2 aliphatic heterocycles. The summed E-state index contributed by atoms with van der Waals surface area (Å²) in [6, 6.07) is 3.55. The van der Waals surface area contributed by atoms with E-state index >= 15 is 0 Å². The second-order valence-electron chi connectivity index (χ2n) is 6.97. The molecule has 0 atom stereocenters. The summed E-state index contributed by atoms with van der Waals surface area (Å²) in [6.07, 6.45) is 9.88. The van der Waals surface area contributed by atoms with Crippen molar-refractivity contribution >= 4 is 11.8 Å². The van der Waals surface area contributed by atoms with Gasteiger partial charge in [0.15, 0.2) is 0 Å². The first-order valence-electron chi connectivity index (χ1n) is 9.27. The molecule has 1 fully saturated rings. The van der Waals surface area contributed by atoms with Crippen molar-refractivity contribution < 1.29 is 9.59 Å². The Balaban J connectivity index is 1.31. The van der Waals surface area contributed by atoms with Crippen molar-refractivity contribution in [3.63, 3.8) is 0 Å². The molecule has 0 aromatic carbocycles. The van der Waals surface area contributed by atoms with Crippen molar-refractivity contribution in [3.8, 4) is 0 Å². The van der Waals surface area contributed by atoms with Gasteiger partial charge >= 0.3 is 0 Å². The first-order valence-corrected chi connectivity index (χ1v) is 9.27. The first kappa shape index (κ1) is 16.8. The minimum absolute atomic E-state index is 0.0268. The first-order chi connectivity index (χ1) is 12.7. The maximum Gasteiger partial charge on any atom is 0.271 e. The van der Waals surface area contributed by atoms with E-state index in [9.17, 15) is 9.59 Å². The fraction of sp³-hybridized carbons (Fsp3) is 0.474. The highest BCUT2D eigenvalue weighted by molar-refractivity contribution is 5.94. The van der Waals surface area contributed by atoms with Gasteiger partial charge in [-0.25, -0.2) is 4.98 Å². The second-order valence-corrected chi connectivity index (χ2v) is 6.97. The molecule has 1 N–H and O–H groups in total. The van der Waals surface area contributed by atoms with Gasteiger partial charge < -0.3 is 14.8 Å². The van der Waals surface area contributed by atoms with E-state index in [1.165, 1.54) is 0 Å². The van der Waals surface area contributed by atoms with Crippen molar-refractivity contribution in [2.45, 2.75) is 44.7 Å². The number of pyridine rings is 1. The number of nitrogens with one attached hydrogen (secondary N) is 1. The third-order valence-electron chi connectivity index (χ3n) is 5.19. The summed E-state index contributed by atoms with van der Waals surface area (Å²) in [5.41, 5.74) is 1.17. The number of carbonyl (C=O) groups is 2. The molecule has 7 heteroatoms. The second kappa shape index (κ2) is 7.27. The van der Waals surface area contributed by atoms with E-state index < -0.39 is 0 Å². The van der Waals surface area contributed by atoms with Crippen molar-refractivity contribution in [1.29, 1.82) is 0 Å². The molecular weight excluding hydrogens is 330 g/mol. The Morgan fingerprint density at radius 1 is 1.08 bits per heavy atom. The largest absolute Gasteiger partial charge is 0.348 e. The maximum absolute atomic E-state index is 12.5. The molecule has 136 valence electrons. The Kier molecular flexibility index (Phi) is 4.69. The SMILES string of the molecule is O=C(NC1CCN(C(=O)c2ccncc2)CC1)c1cn2c(n1)CCCC2. The fourth-order valence-corrected chi connectivity index (χ4v) is 3.69. The van der Waals surface area contributed by atoms with Gasteiger partial charge in [0, 0.05) is 56.3 Å². The van der Waals surface area contributed by atoms with Gasteiger partial charge in [-0.05, 0) is 37.8 Å². The number of aryl methyl sites for hydroxylation is 2. The van der Waals surface area contributed by atoms with Gasteiger partial charge in [0.2, 0.25) is 0 Å². The molecule has 0 bridgehead atoms. The summed E-state index contributed by atoms with van der Waals surface area (Å²) in [4.78, 5) is 35.2. The number of nitrogens with zero attached hydrogens (tertiary/aromatic N) is 4. The number of fused-ring (bicyclic) bond motifs is 1. The highest BCUT2D eigenvalue weighted by Gasteiger charge is 2.26. The lowest BCUT2D eigenvalue weighted by atomic mass is 10.0. The minimum atomic E-state index is -0.106. The Labute approximate surface area is 152 Å². The number of imidazole rings is 1. The molecule has 1 saturated heterocycles. The smallest absolute Gasteiger partial charge is 0.271 e. The van der Waals surface area contributed by atoms with Crippen LogP contribution in [0.4, 0.5) is 0 Å². The molecule has 0 spiro atoms. The van der Waals surface area contributed by atoms with Crippen molar-refractivity contribution in [3.05, 3.63) is 47.8 Å². The predicted octanol–water partition coefficient (Wildman–Crippen LogP) is 1.65. The van der Waals surface area contributed by atoms with Crippen LogP contribution >= 0.6 is 0 Å². The van der Waals surface area contributed by atoms with E-state index in [2.05, 4.69) is 19.9 Å². The molecular formula is C19H23N5O2. The van der Waals surface area contributed by atoms with Crippen LogP contribution in [0, 0.1) is 0 Å². The lowest BCUT2D eigenvalue weighted by molar-refractivity contribution is 0.0697. The molecule has 2 aromatic rings. The zero-order valence-corrected chi connectivity index (χ0v) is 14.7. The van der Waals surface area contributed by atoms with Crippen LogP contribution in [0.2, 0.25) is 0 Å². The summed E-state index contributed by atoms with van der Waals surface area (Å²) in [5.74, 6) is 0.934. The lowest BCUT2D eigenvalue weighted by Gasteiger charge is -2.32. The number of hydrogen-bond acceptors (Lipinski definition) is 4. The standard InChI is InChI=1S/C19H23N5O2/c25-18(16-13-24-10-2-1-3-17(24)22-16)21-15-6-11-23(12-7-15)19(26)14-4-8-20-9-5-14/h4-5,8-9,13,15H,1-3,6-7,10-12H2,(H,21,25).